The first-order chi connectivity index (χ1) is 7.00. The van der Waals surface area contributed by atoms with Gasteiger partial charge in [-0.2, -0.15) is 0 Å². The molecule has 7 heteroatoms. The summed E-state index contributed by atoms with van der Waals surface area (Å²) in [4.78, 5) is 17.4. The number of aromatic amines is 1. The summed E-state index contributed by atoms with van der Waals surface area (Å²) in [5.41, 5.74) is 5.19. The Labute approximate surface area is 89.8 Å². The van der Waals surface area contributed by atoms with Gasteiger partial charge in [0.15, 0.2) is 5.82 Å². The summed E-state index contributed by atoms with van der Waals surface area (Å²) in [6, 6.07) is -0.0487. The van der Waals surface area contributed by atoms with Gasteiger partial charge in [0.25, 0.3) is 5.56 Å². The average molecular weight is 230 g/mol. The smallest absolute Gasteiger partial charge is 0.276 e. The van der Waals surface area contributed by atoms with Crippen molar-refractivity contribution in [2.75, 3.05) is 23.1 Å². The van der Waals surface area contributed by atoms with Crippen molar-refractivity contribution >= 4 is 22.3 Å². The van der Waals surface area contributed by atoms with Crippen LogP contribution in [0, 0.1) is 0 Å². The number of nitrogens with zero attached hydrogens (tertiary/aromatic N) is 1. The van der Waals surface area contributed by atoms with Gasteiger partial charge in [-0.3, -0.25) is 9.00 Å². The maximum absolute atomic E-state index is 11.1. The largest absolute Gasteiger partial charge is 0.391 e. The lowest BCUT2D eigenvalue weighted by molar-refractivity contribution is 0.683. The summed E-state index contributed by atoms with van der Waals surface area (Å²) in [6.45, 7) is 1.85. The first-order valence-corrected chi connectivity index (χ1v) is 6.13. The Morgan fingerprint density at radius 1 is 1.73 bits per heavy atom. The van der Waals surface area contributed by atoms with E-state index in [1.165, 1.54) is 6.33 Å². The molecule has 0 aliphatic carbocycles. The SMILES string of the molecule is CC(CS(C)=O)Nc1nc[nH]c(=O)c1N. The highest BCUT2D eigenvalue weighted by Crippen LogP contribution is 2.08. The Morgan fingerprint density at radius 3 is 3.00 bits per heavy atom. The van der Waals surface area contributed by atoms with Crippen LogP contribution in [0.2, 0.25) is 0 Å². The minimum atomic E-state index is -0.898. The maximum Gasteiger partial charge on any atom is 0.276 e. The number of anilines is 2. The third-order valence-corrected chi connectivity index (χ3v) is 2.73. The number of H-pyrrole nitrogens is 1. The lowest BCUT2D eigenvalue weighted by Gasteiger charge is -2.13. The van der Waals surface area contributed by atoms with Gasteiger partial charge < -0.3 is 16.0 Å². The van der Waals surface area contributed by atoms with Crippen molar-refractivity contribution in [1.82, 2.24) is 9.97 Å². The van der Waals surface area contributed by atoms with E-state index in [2.05, 4.69) is 15.3 Å². The van der Waals surface area contributed by atoms with Crippen molar-refractivity contribution in [3.63, 3.8) is 0 Å². The molecular weight excluding hydrogens is 216 g/mol. The molecule has 0 fully saturated rings. The minimum Gasteiger partial charge on any atom is -0.391 e. The lowest BCUT2D eigenvalue weighted by Crippen LogP contribution is -2.25. The van der Waals surface area contributed by atoms with E-state index in [4.69, 9.17) is 5.73 Å². The highest BCUT2D eigenvalue weighted by atomic mass is 32.2. The van der Waals surface area contributed by atoms with Crippen LogP contribution in [0.1, 0.15) is 6.92 Å². The molecule has 0 amide bonds. The van der Waals surface area contributed by atoms with Crippen LogP contribution in [0.25, 0.3) is 0 Å². The summed E-state index contributed by atoms with van der Waals surface area (Å²) in [6.07, 6.45) is 2.89. The second-order valence-corrected chi connectivity index (χ2v) is 4.76. The first-order valence-electron chi connectivity index (χ1n) is 4.40. The third-order valence-electron chi connectivity index (χ3n) is 1.76. The quantitative estimate of drug-likeness (QED) is 0.649. The predicted molar refractivity (Wildman–Crippen MR) is 61.3 cm³/mol. The minimum absolute atomic E-state index is 0.0474. The van der Waals surface area contributed by atoms with Gasteiger partial charge in [0.1, 0.15) is 5.69 Å². The molecule has 0 aromatic carbocycles. The molecule has 2 atom stereocenters. The van der Waals surface area contributed by atoms with Gasteiger partial charge in [-0.05, 0) is 6.92 Å². The van der Waals surface area contributed by atoms with Crippen molar-refractivity contribution in [2.24, 2.45) is 0 Å². The molecule has 0 spiro atoms. The van der Waals surface area contributed by atoms with Gasteiger partial charge in [0.2, 0.25) is 0 Å². The molecule has 1 aromatic rings. The third kappa shape index (κ3) is 3.35. The molecule has 0 aliphatic heterocycles. The van der Waals surface area contributed by atoms with Gasteiger partial charge in [-0.1, -0.05) is 0 Å². The van der Waals surface area contributed by atoms with Crippen LogP contribution in [0.3, 0.4) is 0 Å². The number of hydrogen-bond donors (Lipinski definition) is 3. The average Bonchev–Trinajstić information content (AvgIpc) is 2.11. The van der Waals surface area contributed by atoms with Crippen LogP contribution in [0.15, 0.2) is 11.1 Å². The summed E-state index contributed by atoms with van der Waals surface area (Å²) in [5.74, 6) is 0.810. The van der Waals surface area contributed by atoms with Crippen LogP contribution in [0.4, 0.5) is 11.5 Å². The Bertz CT molecular complexity index is 417. The summed E-state index contributed by atoms with van der Waals surface area (Å²) < 4.78 is 10.9. The second kappa shape index (κ2) is 4.92. The molecule has 0 bridgehead atoms. The van der Waals surface area contributed by atoms with Gasteiger partial charge >= 0.3 is 0 Å². The fourth-order valence-electron chi connectivity index (χ4n) is 1.15. The molecule has 0 saturated carbocycles. The zero-order valence-electron chi connectivity index (χ0n) is 8.61. The molecule has 0 saturated heterocycles. The van der Waals surface area contributed by atoms with Crippen molar-refractivity contribution in [2.45, 2.75) is 13.0 Å². The zero-order valence-corrected chi connectivity index (χ0v) is 9.43. The van der Waals surface area contributed by atoms with E-state index in [1.807, 2.05) is 6.92 Å². The van der Waals surface area contributed by atoms with Crippen LogP contribution >= 0.6 is 0 Å². The molecule has 2 unspecified atom stereocenters. The number of hydrogen-bond acceptors (Lipinski definition) is 5. The highest BCUT2D eigenvalue weighted by molar-refractivity contribution is 7.84. The van der Waals surface area contributed by atoms with Crippen molar-refractivity contribution in [1.29, 1.82) is 0 Å². The fourth-order valence-corrected chi connectivity index (χ4v) is 1.94. The molecule has 6 nitrogen and oxygen atoms in total. The Hall–Kier alpha value is -1.37. The van der Waals surface area contributed by atoms with Crippen LogP contribution in [-0.2, 0) is 10.8 Å². The molecule has 1 aromatic heterocycles. The highest BCUT2D eigenvalue weighted by Gasteiger charge is 2.09. The van der Waals surface area contributed by atoms with Crippen molar-refractivity contribution < 1.29 is 4.21 Å². The van der Waals surface area contributed by atoms with E-state index in [0.717, 1.165) is 0 Å². The molecule has 15 heavy (non-hydrogen) atoms. The summed E-state index contributed by atoms with van der Waals surface area (Å²) >= 11 is 0. The number of aromatic nitrogens is 2. The van der Waals surface area contributed by atoms with E-state index in [9.17, 15) is 9.00 Å². The number of rotatable bonds is 4. The van der Waals surface area contributed by atoms with Gasteiger partial charge in [0.05, 0.1) is 6.33 Å². The van der Waals surface area contributed by atoms with Crippen molar-refractivity contribution in [3.8, 4) is 0 Å². The van der Waals surface area contributed by atoms with Gasteiger partial charge in [0, 0.05) is 28.9 Å². The lowest BCUT2D eigenvalue weighted by atomic mass is 10.3. The second-order valence-electron chi connectivity index (χ2n) is 3.28. The molecule has 1 heterocycles. The monoisotopic (exact) mass is 230 g/mol. The Morgan fingerprint density at radius 2 is 2.40 bits per heavy atom. The van der Waals surface area contributed by atoms with Crippen LogP contribution in [-0.4, -0.2) is 32.2 Å². The fraction of sp³-hybridized carbons (Fsp3) is 0.500. The van der Waals surface area contributed by atoms with E-state index < -0.39 is 10.8 Å². The molecule has 1 rings (SSSR count). The van der Waals surface area contributed by atoms with E-state index in [0.29, 0.717) is 11.6 Å². The van der Waals surface area contributed by atoms with E-state index in [-0.39, 0.29) is 17.3 Å². The topological polar surface area (TPSA) is 101 Å². The van der Waals surface area contributed by atoms with Crippen LogP contribution in [0.5, 0.6) is 0 Å². The van der Waals surface area contributed by atoms with E-state index >= 15 is 0 Å². The zero-order chi connectivity index (χ0) is 11.4. The van der Waals surface area contributed by atoms with E-state index in [1.54, 1.807) is 6.26 Å². The standard InChI is InChI=1S/C8H14N4O2S/c1-5(3-15(2)14)12-7-6(9)8(13)11-4-10-7/h4-5H,3,9H2,1-2H3,(H2,10,11,12,13). The molecule has 0 radical (unpaired) electrons. The molecule has 0 aliphatic rings. The first kappa shape index (κ1) is 11.7. The predicted octanol–water partition coefficient (Wildman–Crippen LogP) is -0.469. The number of nitrogens with two attached hydrogens (primary N) is 1. The van der Waals surface area contributed by atoms with Crippen LogP contribution < -0.4 is 16.6 Å². The molecule has 4 N–H and O–H groups in total. The molecule has 84 valence electrons. The molecular formula is C8H14N4O2S. The Balaban J connectivity index is 2.76. The maximum atomic E-state index is 11.1. The number of nitrogen functional groups attached to an aromatic ring is 1. The Kier molecular flexibility index (Phi) is 3.84. The van der Waals surface area contributed by atoms with Gasteiger partial charge in [-0.15, -0.1) is 0 Å². The van der Waals surface area contributed by atoms with Gasteiger partial charge in [-0.25, -0.2) is 4.98 Å². The summed E-state index contributed by atoms with van der Waals surface area (Å²) in [7, 11) is -0.898. The van der Waals surface area contributed by atoms with Crippen molar-refractivity contribution in [3.05, 3.63) is 16.7 Å². The summed E-state index contributed by atoms with van der Waals surface area (Å²) in [5, 5.41) is 2.93. The normalized spacial score (nSPS) is 14.5. The number of nitrogens with one attached hydrogen (secondary N) is 2.